The van der Waals surface area contributed by atoms with Crippen molar-refractivity contribution in [1.82, 2.24) is 4.90 Å². The van der Waals surface area contributed by atoms with E-state index in [2.05, 4.69) is 86.3 Å². The summed E-state index contributed by atoms with van der Waals surface area (Å²) in [6.07, 6.45) is 6.17. The van der Waals surface area contributed by atoms with E-state index in [9.17, 15) is 0 Å². The van der Waals surface area contributed by atoms with Crippen molar-refractivity contribution in [2.24, 2.45) is 0 Å². The molecule has 0 N–H and O–H groups in total. The highest BCUT2D eigenvalue weighted by molar-refractivity contribution is 5.15. The lowest BCUT2D eigenvalue weighted by Gasteiger charge is -2.33. The van der Waals surface area contributed by atoms with Crippen LogP contribution in [0.2, 0.25) is 0 Å². The lowest BCUT2D eigenvalue weighted by Crippen LogP contribution is -2.39. The van der Waals surface area contributed by atoms with Gasteiger partial charge in [0.25, 0.3) is 0 Å². The molecule has 1 heteroatoms. The largest absolute Gasteiger partial charge is 0.298 e. The molecule has 0 saturated heterocycles. The van der Waals surface area contributed by atoms with Gasteiger partial charge in [-0.15, -0.1) is 0 Å². The van der Waals surface area contributed by atoms with Gasteiger partial charge in [-0.25, -0.2) is 0 Å². The molecule has 0 aliphatic rings. The number of benzene rings is 2. The van der Waals surface area contributed by atoms with Crippen LogP contribution in [-0.2, 0) is 12.8 Å². The van der Waals surface area contributed by atoms with Gasteiger partial charge >= 0.3 is 0 Å². The highest BCUT2D eigenvalue weighted by atomic mass is 15.2. The molecule has 2 aromatic carbocycles. The molecule has 130 valence electrons. The maximum Gasteiger partial charge on any atom is 0.00727 e. The van der Waals surface area contributed by atoms with Gasteiger partial charge in [-0.3, -0.25) is 4.90 Å². The Kier molecular flexibility index (Phi) is 8.04. The number of nitrogens with zero attached hydrogens (tertiary/aromatic N) is 1. The normalized spacial score (nSPS) is 12.7. The van der Waals surface area contributed by atoms with Crippen molar-refractivity contribution in [1.29, 1.82) is 0 Å². The molecule has 24 heavy (non-hydrogen) atoms. The molecule has 0 aromatic heterocycles. The van der Waals surface area contributed by atoms with Crippen molar-refractivity contribution in [3.63, 3.8) is 0 Å². The smallest absolute Gasteiger partial charge is 0.00727 e. The predicted octanol–water partition coefficient (Wildman–Crippen LogP) is 5.74. The van der Waals surface area contributed by atoms with Crippen molar-refractivity contribution in [3.8, 4) is 0 Å². The molecule has 0 saturated carbocycles. The Morgan fingerprint density at radius 1 is 0.708 bits per heavy atom. The third-order valence-corrected chi connectivity index (χ3v) is 4.90. The summed E-state index contributed by atoms with van der Waals surface area (Å²) < 4.78 is 0. The average Bonchev–Trinajstić information content (AvgIpc) is 2.61. The SMILES string of the molecule is CC(C)N(CCCCc1ccccc1)C(C)CCc1ccccc1. The van der Waals surface area contributed by atoms with E-state index in [4.69, 9.17) is 0 Å². The number of hydrogen-bond acceptors (Lipinski definition) is 1. The molecule has 0 spiro atoms. The zero-order valence-electron chi connectivity index (χ0n) is 15.6. The van der Waals surface area contributed by atoms with Gasteiger partial charge in [-0.1, -0.05) is 60.7 Å². The Labute approximate surface area is 148 Å². The molecule has 0 fully saturated rings. The van der Waals surface area contributed by atoms with Crippen LogP contribution < -0.4 is 0 Å². The Hall–Kier alpha value is -1.60. The zero-order chi connectivity index (χ0) is 17.2. The van der Waals surface area contributed by atoms with E-state index < -0.39 is 0 Å². The fourth-order valence-electron chi connectivity index (χ4n) is 3.44. The molecule has 0 amide bonds. The van der Waals surface area contributed by atoms with Gasteiger partial charge in [0, 0.05) is 12.1 Å². The van der Waals surface area contributed by atoms with Crippen LogP contribution in [0.5, 0.6) is 0 Å². The molecule has 0 heterocycles. The maximum atomic E-state index is 2.67. The topological polar surface area (TPSA) is 3.24 Å². The van der Waals surface area contributed by atoms with E-state index in [1.54, 1.807) is 0 Å². The van der Waals surface area contributed by atoms with Crippen LogP contribution in [0, 0.1) is 0 Å². The van der Waals surface area contributed by atoms with Crippen LogP contribution in [0.1, 0.15) is 51.2 Å². The fourth-order valence-corrected chi connectivity index (χ4v) is 3.44. The molecule has 2 aromatic rings. The Bertz CT molecular complexity index is 547. The van der Waals surface area contributed by atoms with E-state index in [1.807, 2.05) is 0 Å². The Balaban J connectivity index is 1.74. The zero-order valence-corrected chi connectivity index (χ0v) is 15.6. The average molecular weight is 324 g/mol. The number of aryl methyl sites for hydroxylation is 2. The van der Waals surface area contributed by atoms with E-state index in [0.717, 1.165) is 0 Å². The lowest BCUT2D eigenvalue weighted by atomic mass is 10.0. The minimum Gasteiger partial charge on any atom is -0.298 e. The standard InChI is InChI=1S/C23H33N/c1-20(2)24(19-11-10-16-22-12-6-4-7-13-22)21(3)17-18-23-14-8-5-9-15-23/h4-9,12-15,20-21H,10-11,16-19H2,1-3H3. The summed E-state index contributed by atoms with van der Waals surface area (Å²) in [4.78, 5) is 2.67. The molecule has 0 radical (unpaired) electrons. The highest BCUT2D eigenvalue weighted by Gasteiger charge is 2.16. The second-order valence-electron chi connectivity index (χ2n) is 7.15. The first-order chi connectivity index (χ1) is 11.7. The number of hydrogen-bond donors (Lipinski definition) is 0. The monoisotopic (exact) mass is 323 g/mol. The van der Waals surface area contributed by atoms with Crippen LogP contribution in [-0.4, -0.2) is 23.5 Å². The lowest BCUT2D eigenvalue weighted by molar-refractivity contribution is 0.153. The molecule has 0 aliphatic heterocycles. The second kappa shape index (κ2) is 10.3. The summed E-state index contributed by atoms with van der Waals surface area (Å²) in [5, 5.41) is 0. The third-order valence-electron chi connectivity index (χ3n) is 4.90. The van der Waals surface area contributed by atoms with Gasteiger partial charge in [0.1, 0.15) is 0 Å². The van der Waals surface area contributed by atoms with Crippen molar-refractivity contribution < 1.29 is 0 Å². The first-order valence-corrected chi connectivity index (χ1v) is 9.50. The Morgan fingerprint density at radius 2 is 1.25 bits per heavy atom. The van der Waals surface area contributed by atoms with E-state index >= 15 is 0 Å². The van der Waals surface area contributed by atoms with E-state index in [0.29, 0.717) is 12.1 Å². The van der Waals surface area contributed by atoms with Crippen molar-refractivity contribution >= 4 is 0 Å². The summed E-state index contributed by atoms with van der Waals surface area (Å²) in [6, 6.07) is 23.0. The van der Waals surface area contributed by atoms with Crippen molar-refractivity contribution in [2.75, 3.05) is 6.54 Å². The van der Waals surface area contributed by atoms with Crippen LogP contribution in [0.15, 0.2) is 60.7 Å². The molecule has 0 aliphatic carbocycles. The van der Waals surface area contributed by atoms with Gasteiger partial charge in [0.15, 0.2) is 0 Å². The molecule has 1 unspecified atom stereocenters. The van der Waals surface area contributed by atoms with Gasteiger partial charge in [0.2, 0.25) is 0 Å². The minimum atomic E-state index is 0.618. The summed E-state index contributed by atoms with van der Waals surface area (Å²) in [5.74, 6) is 0. The first kappa shape index (κ1) is 18.7. The molecule has 2 rings (SSSR count). The molecule has 1 atom stereocenters. The first-order valence-electron chi connectivity index (χ1n) is 9.50. The van der Waals surface area contributed by atoms with Crippen LogP contribution >= 0.6 is 0 Å². The fraction of sp³-hybridized carbons (Fsp3) is 0.478. The summed E-state index contributed by atoms with van der Waals surface area (Å²) in [7, 11) is 0. The summed E-state index contributed by atoms with van der Waals surface area (Å²) in [6.45, 7) is 8.26. The summed E-state index contributed by atoms with van der Waals surface area (Å²) in [5.41, 5.74) is 2.92. The molecule has 1 nitrogen and oxygen atoms in total. The molecular formula is C23H33N. The van der Waals surface area contributed by atoms with Crippen LogP contribution in [0.25, 0.3) is 0 Å². The second-order valence-corrected chi connectivity index (χ2v) is 7.15. The van der Waals surface area contributed by atoms with Gasteiger partial charge in [0.05, 0.1) is 0 Å². The van der Waals surface area contributed by atoms with Gasteiger partial charge < -0.3 is 0 Å². The van der Waals surface area contributed by atoms with E-state index in [-0.39, 0.29) is 0 Å². The van der Waals surface area contributed by atoms with Crippen LogP contribution in [0.4, 0.5) is 0 Å². The van der Waals surface area contributed by atoms with Crippen LogP contribution in [0.3, 0.4) is 0 Å². The summed E-state index contributed by atoms with van der Waals surface area (Å²) >= 11 is 0. The van der Waals surface area contributed by atoms with Crippen molar-refractivity contribution in [2.45, 2.75) is 65.0 Å². The Morgan fingerprint density at radius 3 is 1.79 bits per heavy atom. The molecule has 0 bridgehead atoms. The third kappa shape index (κ3) is 6.49. The molecular weight excluding hydrogens is 290 g/mol. The maximum absolute atomic E-state index is 2.67. The van der Waals surface area contributed by atoms with E-state index in [1.165, 1.54) is 49.8 Å². The van der Waals surface area contributed by atoms with Gasteiger partial charge in [-0.05, 0) is 70.5 Å². The number of unbranched alkanes of at least 4 members (excludes halogenated alkanes) is 1. The van der Waals surface area contributed by atoms with Crippen molar-refractivity contribution in [3.05, 3.63) is 71.8 Å². The number of rotatable bonds is 10. The van der Waals surface area contributed by atoms with Gasteiger partial charge in [-0.2, -0.15) is 0 Å². The minimum absolute atomic E-state index is 0.618. The highest BCUT2D eigenvalue weighted by Crippen LogP contribution is 2.14. The quantitative estimate of drug-likeness (QED) is 0.504. The predicted molar refractivity (Wildman–Crippen MR) is 105 cm³/mol.